The van der Waals surface area contributed by atoms with E-state index >= 15 is 0 Å². The number of aliphatic hydroxyl groups excluding tert-OH is 1. The third kappa shape index (κ3) is 30.2. The lowest BCUT2D eigenvalue weighted by Crippen LogP contribution is -2.29. The molecule has 0 bridgehead atoms. The fourth-order valence-corrected chi connectivity index (χ4v) is 7.61. The van der Waals surface area contributed by atoms with Crippen molar-refractivity contribution < 1.29 is 24.2 Å². The summed E-state index contributed by atoms with van der Waals surface area (Å²) in [6.07, 6.45) is 40.0. The number of rotatable bonds is 41. The molecule has 0 spiro atoms. The summed E-state index contributed by atoms with van der Waals surface area (Å²) in [4.78, 5) is 27.4. The van der Waals surface area contributed by atoms with Gasteiger partial charge in [0.2, 0.25) is 0 Å². The first-order valence-electron chi connectivity index (χ1n) is 23.2. The standard InChI is InChI=1S/C46H89NO5/c1-4-7-10-13-16-20-26-33-44(49)51-42-46(36-37-46)35-28-23-30-39-47(40-41-48)38-29-22-17-21-27-34-45(50)52-43(31-24-18-14-11-8-5-2)32-25-19-15-12-9-6-3/h43,48H,4-42H2,1-3H3. The summed E-state index contributed by atoms with van der Waals surface area (Å²) in [5.74, 6) is 0.0202. The van der Waals surface area contributed by atoms with E-state index in [9.17, 15) is 14.7 Å². The Morgan fingerprint density at radius 3 is 1.44 bits per heavy atom. The molecule has 1 aliphatic rings. The average molecular weight is 736 g/mol. The molecule has 1 rings (SSSR count). The van der Waals surface area contributed by atoms with Gasteiger partial charge >= 0.3 is 11.9 Å². The zero-order valence-electron chi connectivity index (χ0n) is 35.2. The highest BCUT2D eigenvalue weighted by atomic mass is 16.5. The summed E-state index contributed by atoms with van der Waals surface area (Å²) in [6.45, 7) is 10.5. The molecule has 0 unspecified atom stereocenters. The van der Waals surface area contributed by atoms with Crippen LogP contribution in [0.4, 0.5) is 0 Å². The second-order valence-corrected chi connectivity index (χ2v) is 16.7. The maximum absolute atomic E-state index is 12.7. The Morgan fingerprint density at radius 1 is 0.538 bits per heavy atom. The molecule has 1 saturated carbocycles. The first-order valence-corrected chi connectivity index (χ1v) is 23.2. The van der Waals surface area contributed by atoms with Gasteiger partial charge in [0.1, 0.15) is 6.10 Å². The second-order valence-electron chi connectivity index (χ2n) is 16.7. The summed E-state index contributed by atoms with van der Waals surface area (Å²) in [5, 5.41) is 9.61. The van der Waals surface area contributed by atoms with Crippen LogP contribution in [0, 0.1) is 5.41 Å². The maximum atomic E-state index is 12.7. The van der Waals surface area contributed by atoms with Crippen LogP contribution in [0.15, 0.2) is 0 Å². The third-order valence-corrected chi connectivity index (χ3v) is 11.5. The highest BCUT2D eigenvalue weighted by molar-refractivity contribution is 5.69. The SMILES string of the molecule is CCCCCCCCCC(=O)OCC1(CCCCCN(CCO)CCCCCCCC(=O)OC(CCCCCCCC)CCCCCCCC)CC1. The van der Waals surface area contributed by atoms with E-state index in [0.717, 1.165) is 77.4 Å². The summed E-state index contributed by atoms with van der Waals surface area (Å²) in [7, 11) is 0. The Morgan fingerprint density at radius 2 is 0.962 bits per heavy atom. The predicted molar refractivity (Wildman–Crippen MR) is 221 cm³/mol. The van der Waals surface area contributed by atoms with Crippen molar-refractivity contribution in [1.29, 1.82) is 0 Å². The number of carbonyl (C=O) groups excluding carboxylic acids is 2. The van der Waals surface area contributed by atoms with Crippen LogP contribution in [0.25, 0.3) is 0 Å². The Balaban J connectivity index is 2.13. The third-order valence-electron chi connectivity index (χ3n) is 11.5. The van der Waals surface area contributed by atoms with Crippen LogP contribution in [-0.2, 0) is 19.1 Å². The molecule has 0 saturated heterocycles. The van der Waals surface area contributed by atoms with Gasteiger partial charge in [-0.3, -0.25) is 9.59 Å². The number of nitrogens with zero attached hydrogens (tertiary/aromatic N) is 1. The van der Waals surface area contributed by atoms with Gasteiger partial charge < -0.3 is 19.5 Å². The van der Waals surface area contributed by atoms with Gasteiger partial charge in [-0.1, -0.05) is 156 Å². The van der Waals surface area contributed by atoms with Crippen LogP contribution in [0.1, 0.15) is 239 Å². The molecule has 0 aromatic carbocycles. The summed E-state index contributed by atoms with van der Waals surface area (Å²) < 4.78 is 11.7. The van der Waals surface area contributed by atoms with Gasteiger partial charge in [0.05, 0.1) is 13.2 Å². The monoisotopic (exact) mass is 736 g/mol. The quantitative estimate of drug-likeness (QED) is 0.0498. The van der Waals surface area contributed by atoms with Gasteiger partial charge in [-0.2, -0.15) is 0 Å². The lowest BCUT2D eigenvalue weighted by atomic mass is 9.99. The van der Waals surface area contributed by atoms with Crippen molar-refractivity contribution in [3.05, 3.63) is 0 Å². The smallest absolute Gasteiger partial charge is 0.306 e. The molecule has 0 amide bonds. The molecule has 308 valence electrons. The molecule has 6 nitrogen and oxygen atoms in total. The first kappa shape index (κ1) is 48.9. The van der Waals surface area contributed by atoms with Crippen molar-refractivity contribution in [2.45, 2.75) is 245 Å². The molecular weight excluding hydrogens is 647 g/mol. The molecule has 0 radical (unpaired) electrons. The molecule has 1 fully saturated rings. The van der Waals surface area contributed by atoms with E-state index in [4.69, 9.17) is 9.47 Å². The van der Waals surface area contributed by atoms with Crippen LogP contribution in [0.5, 0.6) is 0 Å². The molecular formula is C46H89NO5. The van der Waals surface area contributed by atoms with E-state index in [1.165, 1.54) is 148 Å². The maximum Gasteiger partial charge on any atom is 0.306 e. The minimum Gasteiger partial charge on any atom is -0.465 e. The molecule has 0 aromatic heterocycles. The van der Waals surface area contributed by atoms with E-state index in [1.54, 1.807) is 0 Å². The lowest BCUT2D eigenvalue weighted by molar-refractivity contribution is -0.150. The number of ether oxygens (including phenoxy) is 2. The van der Waals surface area contributed by atoms with E-state index < -0.39 is 0 Å². The largest absolute Gasteiger partial charge is 0.465 e. The van der Waals surface area contributed by atoms with Crippen LogP contribution in [0.3, 0.4) is 0 Å². The highest BCUT2D eigenvalue weighted by Gasteiger charge is 2.43. The van der Waals surface area contributed by atoms with E-state index in [0.29, 0.717) is 19.4 Å². The van der Waals surface area contributed by atoms with Crippen molar-refractivity contribution in [3.8, 4) is 0 Å². The van der Waals surface area contributed by atoms with Gasteiger partial charge in [-0.25, -0.2) is 0 Å². The molecule has 1 N–H and O–H groups in total. The van der Waals surface area contributed by atoms with Gasteiger partial charge in [0.25, 0.3) is 0 Å². The topological polar surface area (TPSA) is 76.1 Å². The summed E-state index contributed by atoms with van der Waals surface area (Å²) in [6, 6.07) is 0. The average Bonchev–Trinajstić information content (AvgIpc) is 3.92. The van der Waals surface area contributed by atoms with E-state index in [1.807, 2.05) is 0 Å². The van der Waals surface area contributed by atoms with E-state index in [2.05, 4.69) is 25.7 Å². The minimum absolute atomic E-state index is 0.00305. The minimum atomic E-state index is 0.00305. The highest BCUT2D eigenvalue weighted by Crippen LogP contribution is 2.50. The zero-order valence-corrected chi connectivity index (χ0v) is 35.2. The van der Waals surface area contributed by atoms with Gasteiger partial charge in [-0.05, 0) is 83.7 Å². The predicted octanol–water partition coefficient (Wildman–Crippen LogP) is 13.1. The van der Waals surface area contributed by atoms with Crippen molar-refractivity contribution in [3.63, 3.8) is 0 Å². The van der Waals surface area contributed by atoms with Gasteiger partial charge in [0, 0.05) is 24.8 Å². The van der Waals surface area contributed by atoms with Crippen molar-refractivity contribution in [2.75, 3.05) is 32.8 Å². The molecule has 6 heteroatoms. The van der Waals surface area contributed by atoms with Crippen LogP contribution in [-0.4, -0.2) is 60.9 Å². The van der Waals surface area contributed by atoms with Crippen molar-refractivity contribution in [2.24, 2.45) is 5.41 Å². The number of hydrogen-bond acceptors (Lipinski definition) is 6. The lowest BCUT2D eigenvalue weighted by Gasteiger charge is -2.21. The second kappa shape index (κ2) is 35.6. The zero-order chi connectivity index (χ0) is 37.8. The van der Waals surface area contributed by atoms with Crippen molar-refractivity contribution in [1.82, 2.24) is 4.90 Å². The van der Waals surface area contributed by atoms with Crippen molar-refractivity contribution >= 4 is 11.9 Å². The molecule has 0 aromatic rings. The molecule has 0 aliphatic heterocycles. The fourth-order valence-electron chi connectivity index (χ4n) is 7.61. The first-order chi connectivity index (χ1) is 25.5. The Bertz CT molecular complexity index is 784. The van der Waals surface area contributed by atoms with Gasteiger partial charge in [0.15, 0.2) is 0 Å². The molecule has 52 heavy (non-hydrogen) atoms. The number of aliphatic hydroxyl groups is 1. The van der Waals surface area contributed by atoms with Gasteiger partial charge in [-0.15, -0.1) is 0 Å². The number of carbonyl (C=O) groups is 2. The molecule has 0 atom stereocenters. The van der Waals surface area contributed by atoms with Crippen LogP contribution in [0.2, 0.25) is 0 Å². The molecule has 0 heterocycles. The Labute approximate surface area is 323 Å². The number of unbranched alkanes of at least 4 members (excludes halogenated alkanes) is 22. The van der Waals surface area contributed by atoms with Crippen LogP contribution >= 0.6 is 0 Å². The van der Waals surface area contributed by atoms with E-state index in [-0.39, 0.29) is 30.1 Å². The summed E-state index contributed by atoms with van der Waals surface area (Å²) >= 11 is 0. The fraction of sp³-hybridized carbons (Fsp3) is 0.957. The van der Waals surface area contributed by atoms with Crippen LogP contribution < -0.4 is 0 Å². The Hall–Kier alpha value is -1.14. The normalized spacial score (nSPS) is 13.7. The number of esters is 2. The molecule has 1 aliphatic carbocycles. The Kier molecular flexibility index (Phi) is 33.4. The summed E-state index contributed by atoms with van der Waals surface area (Å²) in [5.41, 5.74) is 0.264. The number of hydrogen-bond donors (Lipinski definition) is 1.